The Hall–Kier alpha value is -0.610. The third-order valence-corrected chi connectivity index (χ3v) is 2.83. The highest BCUT2D eigenvalue weighted by molar-refractivity contribution is 5.77. The molecule has 0 aromatic carbocycles. The average molecular weight is 201 g/mol. The van der Waals surface area contributed by atoms with Crippen LogP contribution in [0.2, 0.25) is 0 Å². The molecule has 0 aromatic heterocycles. The molecule has 0 amide bonds. The van der Waals surface area contributed by atoms with Crippen LogP contribution in [0.25, 0.3) is 0 Å². The van der Waals surface area contributed by atoms with Crippen LogP contribution in [-0.4, -0.2) is 39.9 Å². The van der Waals surface area contributed by atoms with Crippen LogP contribution >= 0.6 is 0 Å². The van der Waals surface area contributed by atoms with Crippen molar-refractivity contribution < 1.29 is 14.3 Å². The maximum Gasteiger partial charge on any atom is 0.314 e. The normalized spacial score (nSPS) is 28.1. The molecule has 1 aliphatic heterocycles. The number of carbonyl (C=O) groups excluding carboxylic acids is 1. The molecule has 1 N–H and O–H groups in total. The number of hydrogen-bond acceptors (Lipinski definition) is 4. The topological polar surface area (TPSA) is 47.6 Å². The van der Waals surface area contributed by atoms with Crippen LogP contribution in [0.1, 0.15) is 19.3 Å². The highest BCUT2D eigenvalue weighted by Crippen LogP contribution is 2.31. The van der Waals surface area contributed by atoms with Crippen molar-refractivity contribution in [2.75, 3.05) is 33.9 Å². The van der Waals surface area contributed by atoms with Gasteiger partial charge >= 0.3 is 5.97 Å². The minimum absolute atomic E-state index is 0.136. The fraction of sp³-hybridized carbons (Fsp3) is 0.900. The molecule has 4 nitrogen and oxygen atoms in total. The number of carbonyl (C=O) groups is 1. The first kappa shape index (κ1) is 11.5. The molecule has 1 unspecified atom stereocenters. The van der Waals surface area contributed by atoms with Crippen LogP contribution in [0.15, 0.2) is 0 Å². The predicted molar refractivity (Wildman–Crippen MR) is 53.0 cm³/mol. The Kier molecular flexibility index (Phi) is 4.35. The van der Waals surface area contributed by atoms with Gasteiger partial charge in [-0.15, -0.1) is 0 Å². The second-order valence-electron chi connectivity index (χ2n) is 3.81. The molecule has 1 saturated heterocycles. The zero-order valence-corrected chi connectivity index (χ0v) is 8.97. The van der Waals surface area contributed by atoms with Gasteiger partial charge in [0.1, 0.15) is 0 Å². The zero-order valence-electron chi connectivity index (χ0n) is 8.97. The maximum absolute atomic E-state index is 11.7. The van der Waals surface area contributed by atoms with Gasteiger partial charge in [-0.3, -0.25) is 4.79 Å². The van der Waals surface area contributed by atoms with E-state index in [2.05, 4.69) is 5.32 Å². The second kappa shape index (κ2) is 5.32. The lowest BCUT2D eigenvalue weighted by Crippen LogP contribution is -2.37. The van der Waals surface area contributed by atoms with Crippen LogP contribution in [0.4, 0.5) is 0 Å². The van der Waals surface area contributed by atoms with E-state index in [1.54, 1.807) is 7.11 Å². The SMILES string of the molecule is COCC1(C(=O)OC)CCCNCC1. The lowest BCUT2D eigenvalue weighted by molar-refractivity contribution is -0.157. The number of nitrogens with one attached hydrogen (secondary N) is 1. The first-order valence-corrected chi connectivity index (χ1v) is 5.03. The molecule has 0 bridgehead atoms. The molecule has 0 spiro atoms. The fourth-order valence-corrected chi connectivity index (χ4v) is 2.03. The van der Waals surface area contributed by atoms with E-state index < -0.39 is 5.41 Å². The summed E-state index contributed by atoms with van der Waals surface area (Å²) in [5.41, 5.74) is -0.424. The predicted octanol–water partition coefficient (Wildman–Crippen LogP) is 0.566. The van der Waals surface area contributed by atoms with Crippen molar-refractivity contribution >= 4 is 5.97 Å². The van der Waals surface area contributed by atoms with E-state index in [9.17, 15) is 4.79 Å². The van der Waals surface area contributed by atoms with Gasteiger partial charge in [0.2, 0.25) is 0 Å². The summed E-state index contributed by atoms with van der Waals surface area (Å²) in [5, 5.41) is 3.28. The number of esters is 1. The first-order valence-electron chi connectivity index (χ1n) is 5.03. The Morgan fingerprint density at radius 2 is 2.14 bits per heavy atom. The van der Waals surface area contributed by atoms with Crippen molar-refractivity contribution in [2.24, 2.45) is 5.41 Å². The van der Waals surface area contributed by atoms with Gasteiger partial charge in [0, 0.05) is 7.11 Å². The van der Waals surface area contributed by atoms with Gasteiger partial charge in [0.25, 0.3) is 0 Å². The third-order valence-electron chi connectivity index (χ3n) is 2.83. The molecule has 1 heterocycles. The molecule has 1 aliphatic rings. The van der Waals surface area contributed by atoms with Crippen molar-refractivity contribution in [2.45, 2.75) is 19.3 Å². The summed E-state index contributed by atoms with van der Waals surface area (Å²) in [6.07, 6.45) is 2.65. The van der Waals surface area contributed by atoms with Crippen LogP contribution < -0.4 is 5.32 Å². The van der Waals surface area contributed by atoms with E-state index in [-0.39, 0.29) is 5.97 Å². The van der Waals surface area contributed by atoms with Crippen molar-refractivity contribution in [3.05, 3.63) is 0 Å². The summed E-state index contributed by atoms with van der Waals surface area (Å²) >= 11 is 0. The summed E-state index contributed by atoms with van der Waals surface area (Å²) in [4.78, 5) is 11.7. The van der Waals surface area contributed by atoms with E-state index >= 15 is 0 Å². The number of rotatable bonds is 3. The van der Waals surface area contributed by atoms with Crippen LogP contribution in [-0.2, 0) is 14.3 Å². The van der Waals surface area contributed by atoms with Gasteiger partial charge < -0.3 is 14.8 Å². The van der Waals surface area contributed by atoms with Crippen LogP contribution in [0.5, 0.6) is 0 Å². The van der Waals surface area contributed by atoms with E-state index in [1.165, 1.54) is 7.11 Å². The minimum Gasteiger partial charge on any atom is -0.469 e. The Balaban J connectivity index is 2.71. The Labute approximate surface area is 85.0 Å². The molecule has 82 valence electrons. The zero-order chi connectivity index (χ0) is 10.4. The summed E-state index contributed by atoms with van der Waals surface area (Å²) in [6.45, 7) is 2.29. The van der Waals surface area contributed by atoms with Crippen molar-refractivity contribution in [3.8, 4) is 0 Å². The van der Waals surface area contributed by atoms with Crippen LogP contribution in [0, 0.1) is 5.41 Å². The highest BCUT2D eigenvalue weighted by Gasteiger charge is 2.39. The Bertz CT molecular complexity index is 186. The monoisotopic (exact) mass is 201 g/mol. The quantitative estimate of drug-likeness (QED) is 0.678. The molecule has 1 atom stereocenters. The Morgan fingerprint density at radius 3 is 2.79 bits per heavy atom. The average Bonchev–Trinajstić information content (AvgIpc) is 2.44. The highest BCUT2D eigenvalue weighted by atomic mass is 16.5. The van der Waals surface area contributed by atoms with Gasteiger partial charge in [-0.1, -0.05) is 0 Å². The Morgan fingerprint density at radius 1 is 1.36 bits per heavy atom. The first-order chi connectivity index (χ1) is 6.75. The van der Waals surface area contributed by atoms with Gasteiger partial charge in [0.05, 0.1) is 19.1 Å². The second-order valence-corrected chi connectivity index (χ2v) is 3.81. The number of ether oxygens (including phenoxy) is 2. The third kappa shape index (κ3) is 2.45. The van der Waals surface area contributed by atoms with E-state index in [1.807, 2.05) is 0 Å². The summed E-state index contributed by atoms with van der Waals surface area (Å²) in [5.74, 6) is -0.136. The van der Waals surface area contributed by atoms with E-state index in [0.29, 0.717) is 6.61 Å². The number of methoxy groups -OCH3 is 2. The molecule has 0 aromatic rings. The lowest BCUT2D eigenvalue weighted by Gasteiger charge is -2.28. The van der Waals surface area contributed by atoms with Gasteiger partial charge in [-0.25, -0.2) is 0 Å². The standard InChI is InChI=1S/C10H19NO3/c1-13-8-10(9(12)14-2)4-3-6-11-7-5-10/h11H,3-8H2,1-2H3. The van der Waals surface area contributed by atoms with Crippen molar-refractivity contribution in [1.82, 2.24) is 5.32 Å². The summed E-state index contributed by atoms with van der Waals surface area (Å²) in [6, 6.07) is 0. The summed E-state index contributed by atoms with van der Waals surface area (Å²) < 4.78 is 9.99. The molecule has 4 heteroatoms. The molecular weight excluding hydrogens is 182 g/mol. The van der Waals surface area contributed by atoms with E-state index in [4.69, 9.17) is 9.47 Å². The molecule has 1 rings (SSSR count). The molecule has 0 saturated carbocycles. The largest absolute Gasteiger partial charge is 0.469 e. The number of hydrogen-bond donors (Lipinski definition) is 1. The van der Waals surface area contributed by atoms with Crippen LogP contribution in [0.3, 0.4) is 0 Å². The fourth-order valence-electron chi connectivity index (χ4n) is 2.03. The molecule has 0 radical (unpaired) electrons. The summed E-state index contributed by atoms with van der Waals surface area (Å²) in [7, 11) is 3.07. The van der Waals surface area contributed by atoms with Crippen molar-refractivity contribution in [3.63, 3.8) is 0 Å². The van der Waals surface area contributed by atoms with Gasteiger partial charge in [-0.2, -0.15) is 0 Å². The van der Waals surface area contributed by atoms with Gasteiger partial charge in [-0.05, 0) is 32.4 Å². The smallest absolute Gasteiger partial charge is 0.314 e. The molecule has 1 fully saturated rings. The van der Waals surface area contributed by atoms with Gasteiger partial charge in [0.15, 0.2) is 0 Å². The molecule has 14 heavy (non-hydrogen) atoms. The molecule has 0 aliphatic carbocycles. The lowest BCUT2D eigenvalue weighted by atomic mass is 9.81. The minimum atomic E-state index is -0.424. The molecular formula is C10H19NO3. The maximum atomic E-state index is 11.7. The van der Waals surface area contributed by atoms with Crippen molar-refractivity contribution in [1.29, 1.82) is 0 Å². The van der Waals surface area contributed by atoms with E-state index in [0.717, 1.165) is 32.4 Å².